The van der Waals surface area contributed by atoms with Crippen molar-refractivity contribution in [2.24, 2.45) is 0 Å². The highest BCUT2D eigenvalue weighted by Crippen LogP contribution is 2.39. The lowest BCUT2D eigenvalue weighted by atomic mass is 10.1. The summed E-state index contributed by atoms with van der Waals surface area (Å²) in [5, 5.41) is 9.43. The fourth-order valence-corrected chi connectivity index (χ4v) is 8.67. The Balaban J connectivity index is 1.07. The summed E-state index contributed by atoms with van der Waals surface area (Å²) >= 11 is 0. The maximum absolute atomic E-state index is 6.44. The Labute approximate surface area is 296 Å². The van der Waals surface area contributed by atoms with Crippen molar-refractivity contribution >= 4 is 87.5 Å². The van der Waals surface area contributed by atoms with Gasteiger partial charge in [-0.25, -0.2) is 4.98 Å². The van der Waals surface area contributed by atoms with E-state index in [1.54, 1.807) is 0 Å². The van der Waals surface area contributed by atoms with Crippen LogP contribution in [0.25, 0.3) is 105 Å². The van der Waals surface area contributed by atoms with E-state index in [1.165, 1.54) is 43.6 Å². The first-order valence-electron chi connectivity index (χ1n) is 17.6. The van der Waals surface area contributed by atoms with Gasteiger partial charge in [-0.15, -0.1) is 0 Å². The molecule has 0 radical (unpaired) electrons. The van der Waals surface area contributed by atoms with Gasteiger partial charge in [0.1, 0.15) is 16.8 Å². The van der Waals surface area contributed by atoms with E-state index in [2.05, 4.69) is 171 Å². The average Bonchev–Trinajstić information content (AvgIpc) is 3.93. The van der Waals surface area contributed by atoms with E-state index >= 15 is 0 Å². The molecule has 5 nitrogen and oxygen atoms in total. The van der Waals surface area contributed by atoms with Crippen LogP contribution in [0.15, 0.2) is 174 Å². The minimum Gasteiger partial charge on any atom is -0.456 e. The molecule has 5 heterocycles. The zero-order chi connectivity index (χ0) is 33.9. The van der Waals surface area contributed by atoms with Crippen LogP contribution in [-0.4, -0.2) is 18.7 Å². The highest BCUT2D eigenvalue weighted by Gasteiger charge is 2.19. The molecule has 0 saturated heterocycles. The Morgan fingerprint density at radius 1 is 0.327 bits per heavy atom. The zero-order valence-electron chi connectivity index (χ0n) is 27.9. The molecule has 5 aromatic heterocycles. The van der Waals surface area contributed by atoms with Crippen LogP contribution in [0.4, 0.5) is 0 Å². The Kier molecular flexibility index (Phi) is 5.44. The van der Waals surface area contributed by atoms with Gasteiger partial charge in [-0.1, -0.05) is 72.8 Å². The molecule has 0 unspecified atom stereocenters. The lowest BCUT2D eigenvalue weighted by Crippen LogP contribution is -1.96. The molecular formula is C47H28N4O. The molecule has 0 atom stereocenters. The van der Waals surface area contributed by atoms with Crippen molar-refractivity contribution in [1.29, 1.82) is 0 Å². The summed E-state index contributed by atoms with van der Waals surface area (Å²) in [6, 6.07) is 58.6. The molecule has 5 heteroatoms. The number of pyridine rings is 1. The molecule has 12 rings (SSSR count). The Hall–Kier alpha value is -7.11. The van der Waals surface area contributed by atoms with Crippen LogP contribution in [0.2, 0.25) is 0 Å². The molecule has 0 N–H and O–H groups in total. The summed E-state index contributed by atoms with van der Waals surface area (Å²) in [6.45, 7) is 0. The number of para-hydroxylation sites is 4. The summed E-state index contributed by atoms with van der Waals surface area (Å²) in [5.74, 6) is 0. The number of rotatable bonds is 3. The summed E-state index contributed by atoms with van der Waals surface area (Å²) in [7, 11) is 0. The highest BCUT2D eigenvalue weighted by atomic mass is 16.3. The Bertz CT molecular complexity index is 3320. The molecule has 0 aliphatic rings. The van der Waals surface area contributed by atoms with Gasteiger partial charge in [-0.2, -0.15) is 0 Å². The molecule has 0 aliphatic heterocycles. The summed E-state index contributed by atoms with van der Waals surface area (Å²) in [5.41, 5.74) is 11.8. The Morgan fingerprint density at radius 3 is 1.25 bits per heavy atom. The van der Waals surface area contributed by atoms with Crippen molar-refractivity contribution in [2.75, 3.05) is 0 Å². The molecule has 0 amide bonds. The lowest BCUT2D eigenvalue weighted by Gasteiger charge is -2.10. The number of hydrogen-bond donors (Lipinski definition) is 0. The molecule has 0 spiro atoms. The van der Waals surface area contributed by atoms with Gasteiger partial charge < -0.3 is 13.6 Å². The van der Waals surface area contributed by atoms with E-state index in [9.17, 15) is 0 Å². The normalized spacial score (nSPS) is 12.2. The van der Waals surface area contributed by atoms with Gasteiger partial charge in [0, 0.05) is 66.3 Å². The fraction of sp³-hybridized carbons (Fsp3) is 0. The Morgan fingerprint density at radius 2 is 0.731 bits per heavy atom. The van der Waals surface area contributed by atoms with Crippen molar-refractivity contribution < 1.29 is 4.42 Å². The van der Waals surface area contributed by atoms with E-state index in [4.69, 9.17) is 9.40 Å². The predicted molar refractivity (Wildman–Crippen MR) is 215 cm³/mol. The molecule has 52 heavy (non-hydrogen) atoms. The largest absolute Gasteiger partial charge is 0.456 e. The quantitative estimate of drug-likeness (QED) is 0.189. The van der Waals surface area contributed by atoms with Crippen LogP contribution in [0, 0.1) is 0 Å². The van der Waals surface area contributed by atoms with Crippen LogP contribution in [0.5, 0.6) is 0 Å². The number of fused-ring (bicyclic) bond motifs is 12. The van der Waals surface area contributed by atoms with Crippen LogP contribution in [0.3, 0.4) is 0 Å². The number of benzene rings is 7. The van der Waals surface area contributed by atoms with Crippen LogP contribution in [0.1, 0.15) is 0 Å². The molecular weight excluding hydrogens is 637 g/mol. The molecule has 0 aliphatic carbocycles. The smallest absolute Gasteiger partial charge is 0.145 e. The van der Waals surface area contributed by atoms with Gasteiger partial charge in [0.05, 0.1) is 27.6 Å². The molecule has 12 aromatic rings. The maximum Gasteiger partial charge on any atom is 0.145 e. The summed E-state index contributed by atoms with van der Waals surface area (Å²) in [4.78, 5) is 4.95. The van der Waals surface area contributed by atoms with Crippen LogP contribution in [-0.2, 0) is 0 Å². The number of furan rings is 1. The number of nitrogens with zero attached hydrogens (tertiary/aromatic N) is 4. The third kappa shape index (κ3) is 3.69. The fourth-order valence-electron chi connectivity index (χ4n) is 8.67. The van der Waals surface area contributed by atoms with Crippen molar-refractivity contribution in [3.05, 3.63) is 170 Å². The minimum absolute atomic E-state index is 0.862. The topological polar surface area (TPSA) is 40.8 Å². The maximum atomic E-state index is 6.44. The van der Waals surface area contributed by atoms with Gasteiger partial charge in [-0.05, 0) is 91.0 Å². The second-order valence-corrected chi connectivity index (χ2v) is 13.6. The molecule has 0 bridgehead atoms. The SMILES string of the molecule is c1ccc2c(c1)c1ccccc1n2-c1ccc2oc3ccc(-n4c5ccc(-n6c7ccccc7c7ccccc76)cc5c5cccnc54)cc3c2c1. The second kappa shape index (κ2) is 10.2. The third-order valence-corrected chi connectivity index (χ3v) is 10.9. The number of hydrogen-bond acceptors (Lipinski definition) is 2. The van der Waals surface area contributed by atoms with E-state index in [-0.39, 0.29) is 0 Å². The van der Waals surface area contributed by atoms with Gasteiger partial charge in [0.25, 0.3) is 0 Å². The minimum atomic E-state index is 0.862. The standard InChI is InChI=1S/C47H28N4O/c1-5-15-40-32(10-1)33-11-2-6-16-41(33)49(40)29-19-22-44-37(26-29)36-14-9-25-48-47(36)51(44)31-21-24-46-39(28-31)38-27-30(20-23-45(38)52-46)50-42-17-7-3-12-34(42)35-13-4-8-18-43(35)50/h1-28H. The molecule has 242 valence electrons. The van der Waals surface area contributed by atoms with Crippen molar-refractivity contribution in [2.45, 2.75) is 0 Å². The highest BCUT2D eigenvalue weighted by molar-refractivity contribution is 6.13. The lowest BCUT2D eigenvalue weighted by molar-refractivity contribution is 0.669. The van der Waals surface area contributed by atoms with Crippen LogP contribution >= 0.6 is 0 Å². The summed E-state index contributed by atoms with van der Waals surface area (Å²) in [6.07, 6.45) is 1.88. The molecule has 0 saturated carbocycles. The van der Waals surface area contributed by atoms with E-state index in [1.807, 2.05) is 12.3 Å². The first-order valence-corrected chi connectivity index (χ1v) is 17.6. The van der Waals surface area contributed by atoms with Crippen molar-refractivity contribution in [3.63, 3.8) is 0 Å². The zero-order valence-corrected chi connectivity index (χ0v) is 27.9. The van der Waals surface area contributed by atoms with Gasteiger partial charge in [0.2, 0.25) is 0 Å². The number of aromatic nitrogens is 4. The predicted octanol–water partition coefficient (Wildman–Crippen LogP) is 12.3. The first-order chi connectivity index (χ1) is 25.8. The van der Waals surface area contributed by atoms with Crippen LogP contribution < -0.4 is 0 Å². The van der Waals surface area contributed by atoms with Gasteiger partial charge >= 0.3 is 0 Å². The van der Waals surface area contributed by atoms with E-state index < -0.39 is 0 Å². The first kappa shape index (κ1) is 27.7. The van der Waals surface area contributed by atoms with E-state index in [0.29, 0.717) is 0 Å². The third-order valence-electron chi connectivity index (χ3n) is 10.9. The molecule has 7 aromatic carbocycles. The average molecular weight is 665 g/mol. The second-order valence-electron chi connectivity index (χ2n) is 13.6. The van der Waals surface area contributed by atoms with Crippen molar-refractivity contribution in [1.82, 2.24) is 18.7 Å². The molecule has 0 fully saturated rings. The monoisotopic (exact) mass is 664 g/mol. The van der Waals surface area contributed by atoms with Gasteiger partial charge in [0.15, 0.2) is 0 Å². The van der Waals surface area contributed by atoms with Gasteiger partial charge in [-0.3, -0.25) is 4.57 Å². The summed E-state index contributed by atoms with van der Waals surface area (Å²) < 4.78 is 13.5. The van der Waals surface area contributed by atoms with E-state index in [0.717, 1.165) is 60.9 Å². The van der Waals surface area contributed by atoms with Crippen molar-refractivity contribution in [3.8, 4) is 17.1 Å².